The zero-order valence-corrected chi connectivity index (χ0v) is 11.4. The minimum Gasteiger partial charge on any atom is -0.268 e. The second-order valence-electron chi connectivity index (χ2n) is 3.34. The van der Waals surface area contributed by atoms with Crippen molar-refractivity contribution >= 4 is 58.6 Å². The summed E-state index contributed by atoms with van der Waals surface area (Å²) in [5, 5.41) is 0. The molecule has 0 saturated heterocycles. The fourth-order valence-corrected chi connectivity index (χ4v) is 2.57. The van der Waals surface area contributed by atoms with Crippen molar-refractivity contribution in [2.24, 2.45) is 0 Å². The molecule has 1 aromatic rings. The first-order chi connectivity index (χ1) is 7.90. The van der Waals surface area contributed by atoms with Crippen molar-refractivity contribution in [1.29, 1.82) is 0 Å². The molecule has 0 aliphatic carbocycles. The van der Waals surface area contributed by atoms with Gasteiger partial charge in [0.1, 0.15) is 0 Å². The van der Waals surface area contributed by atoms with E-state index in [9.17, 15) is 9.59 Å². The van der Waals surface area contributed by atoms with Gasteiger partial charge in [0.2, 0.25) is 3.79 Å². The summed E-state index contributed by atoms with van der Waals surface area (Å²) < 4.78 is -0.480. The number of halogens is 3. The Bertz CT molecular complexity index is 452. The van der Waals surface area contributed by atoms with Crippen LogP contribution < -0.4 is 0 Å². The molecule has 1 aliphatic rings. The van der Waals surface area contributed by atoms with Crippen molar-refractivity contribution < 1.29 is 9.59 Å². The number of alkyl halides is 3. The normalized spacial score (nSPS) is 15.4. The number of fused-ring (bicyclic) bond motifs is 1. The molecule has 0 spiro atoms. The van der Waals surface area contributed by atoms with Gasteiger partial charge in [-0.2, -0.15) is 0 Å². The molecule has 0 unspecified atom stereocenters. The highest BCUT2D eigenvalue weighted by Crippen LogP contribution is 2.35. The lowest BCUT2D eigenvalue weighted by molar-refractivity contribution is 0.0777. The predicted molar refractivity (Wildman–Crippen MR) is 69.7 cm³/mol. The van der Waals surface area contributed by atoms with Crippen LogP contribution in [0.1, 0.15) is 20.7 Å². The average Bonchev–Trinajstić information content (AvgIpc) is 2.49. The Balaban J connectivity index is 2.19. The third-order valence-electron chi connectivity index (χ3n) is 2.11. The van der Waals surface area contributed by atoms with Crippen LogP contribution in [0.15, 0.2) is 24.3 Å². The lowest BCUT2D eigenvalue weighted by atomic mass is 10.1. The van der Waals surface area contributed by atoms with Gasteiger partial charge in [0.25, 0.3) is 11.8 Å². The minimum atomic E-state index is -1.50. The van der Waals surface area contributed by atoms with E-state index in [0.717, 1.165) is 16.3 Å². The molecule has 2 rings (SSSR count). The van der Waals surface area contributed by atoms with Crippen LogP contribution in [0.2, 0.25) is 0 Å². The summed E-state index contributed by atoms with van der Waals surface area (Å²) in [6.07, 6.45) is 0. The van der Waals surface area contributed by atoms with Crippen molar-refractivity contribution in [1.82, 2.24) is 4.31 Å². The Hall–Kier alpha value is -0.420. The van der Waals surface area contributed by atoms with Crippen LogP contribution in [0.3, 0.4) is 0 Å². The fourth-order valence-electron chi connectivity index (χ4n) is 1.42. The molecule has 0 radical (unpaired) electrons. The predicted octanol–water partition coefficient (Wildman–Crippen LogP) is 3.30. The number of carbonyl (C=O) groups is 2. The highest BCUT2D eigenvalue weighted by molar-refractivity contribution is 7.98. The van der Waals surface area contributed by atoms with Crippen molar-refractivity contribution in [3.05, 3.63) is 35.4 Å². The molecule has 0 saturated carbocycles. The van der Waals surface area contributed by atoms with E-state index in [-0.39, 0.29) is 17.6 Å². The summed E-state index contributed by atoms with van der Waals surface area (Å²) in [4.78, 5) is 23.8. The van der Waals surface area contributed by atoms with E-state index in [1.165, 1.54) is 0 Å². The summed E-state index contributed by atoms with van der Waals surface area (Å²) >= 11 is 17.6. The Morgan fingerprint density at radius 1 is 1.06 bits per heavy atom. The standard InChI is InChI=1S/C10H6Cl3NO2S/c11-10(12,13)5-17-14-8(15)6-3-1-2-4-7(6)9(14)16/h1-4H,5H2. The van der Waals surface area contributed by atoms with Gasteiger partial charge in [-0.25, -0.2) is 4.31 Å². The molecular weight excluding hydrogens is 305 g/mol. The minimum absolute atomic E-state index is 0.0309. The van der Waals surface area contributed by atoms with Gasteiger partial charge in [-0.15, -0.1) is 0 Å². The van der Waals surface area contributed by atoms with Crippen LogP contribution in [0, 0.1) is 0 Å². The number of hydrogen-bond donors (Lipinski definition) is 0. The maximum absolute atomic E-state index is 11.9. The van der Waals surface area contributed by atoms with Crippen LogP contribution in [-0.4, -0.2) is 25.7 Å². The smallest absolute Gasteiger partial charge is 0.268 e. The topological polar surface area (TPSA) is 37.4 Å². The second kappa shape index (κ2) is 4.69. The first-order valence-corrected chi connectivity index (χ1v) is 6.65. The van der Waals surface area contributed by atoms with Crippen molar-refractivity contribution in [3.8, 4) is 0 Å². The van der Waals surface area contributed by atoms with Gasteiger partial charge in [-0.1, -0.05) is 46.9 Å². The van der Waals surface area contributed by atoms with Crippen LogP contribution in [0.5, 0.6) is 0 Å². The van der Waals surface area contributed by atoms with Crippen LogP contribution in [-0.2, 0) is 0 Å². The van der Waals surface area contributed by atoms with Gasteiger partial charge in [0.05, 0.1) is 16.9 Å². The average molecular weight is 311 g/mol. The van der Waals surface area contributed by atoms with Gasteiger partial charge in [0.15, 0.2) is 0 Å². The molecule has 90 valence electrons. The quantitative estimate of drug-likeness (QED) is 0.478. The van der Waals surface area contributed by atoms with E-state index in [4.69, 9.17) is 34.8 Å². The zero-order valence-electron chi connectivity index (χ0n) is 8.32. The number of benzene rings is 1. The van der Waals surface area contributed by atoms with E-state index >= 15 is 0 Å². The fraction of sp³-hybridized carbons (Fsp3) is 0.200. The highest BCUT2D eigenvalue weighted by Gasteiger charge is 2.37. The van der Waals surface area contributed by atoms with Gasteiger partial charge in [-0.3, -0.25) is 9.59 Å². The molecule has 17 heavy (non-hydrogen) atoms. The molecule has 1 aliphatic heterocycles. The SMILES string of the molecule is O=C1c2ccccc2C(=O)N1SCC(Cl)(Cl)Cl. The summed E-state index contributed by atoms with van der Waals surface area (Å²) in [5.74, 6) is -0.710. The van der Waals surface area contributed by atoms with E-state index in [1.807, 2.05) is 0 Å². The largest absolute Gasteiger partial charge is 0.271 e. The molecule has 0 bridgehead atoms. The monoisotopic (exact) mass is 309 g/mol. The van der Waals surface area contributed by atoms with E-state index in [1.54, 1.807) is 24.3 Å². The molecule has 7 heteroatoms. The first kappa shape index (κ1) is 13.0. The molecule has 3 nitrogen and oxygen atoms in total. The number of rotatable bonds is 2. The van der Waals surface area contributed by atoms with Gasteiger partial charge >= 0.3 is 0 Å². The molecule has 0 fully saturated rings. The Kier molecular flexibility index (Phi) is 3.59. The maximum atomic E-state index is 11.9. The molecular formula is C10H6Cl3NO2S. The van der Waals surface area contributed by atoms with Crippen molar-refractivity contribution in [2.75, 3.05) is 5.75 Å². The third kappa shape index (κ3) is 2.71. The second-order valence-corrected chi connectivity index (χ2v) is 6.77. The first-order valence-electron chi connectivity index (χ1n) is 4.57. The van der Waals surface area contributed by atoms with E-state index < -0.39 is 3.79 Å². The summed E-state index contributed by atoms with van der Waals surface area (Å²) in [7, 11) is 0. The molecule has 1 aromatic carbocycles. The number of hydrogen-bond acceptors (Lipinski definition) is 3. The van der Waals surface area contributed by atoms with Gasteiger partial charge in [0, 0.05) is 0 Å². The number of nitrogens with zero attached hydrogens (tertiary/aromatic N) is 1. The van der Waals surface area contributed by atoms with Crippen molar-refractivity contribution in [3.63, 3.8) is 0 Å². The molecule has 2 amide bonds. The summed E-state index contributed by atoms with van der Waals surface area (Å²) in [6, 6.07) is 6.61. The number of amides is 2. The van der Waals surface area contributed by atoms with Crippen LogP contribution >= 0.6 is 46.8 Å². The van der Waals surface area contributed by atoms with Crippen molar-refractivity contribution in [2.45, 2.75) is 3.79 Å². The van der Waals surface area contributed by atoms with Gasteiger partial charge in [-0.05, 0) is 24.1 Å². The Morgan fingerprint density at radius 3 is 1.94 bits per heavy atom. The Morgan fingerprint density at radius 2 is 1.53 bits per heavy atom. The van der Waals surface area contributed by atoms with E-state index in [2.05, 4.69) is 0 Å². The molecule has 0 atom stereocenters. The lowest BCUT2D eigenvalue weighted by Crippen LogP contribution is -2.25. The van der Waals surface area contributed by atoms with E-state index in [0.29, 0.717) is 11.1 Å². The lowest BCUT2D eigenvalue weighted by Gasteiger charge is -2.15. The maximum Gasteiger partial charge on any atom is 0.271 e. The summed E-state index contributed by atoms with van der Waals surface area (Å²) in [5.41, 5.74) is 0.767. The number of imide groups is 1. The Labute approximate surface area is 117 Å². The highest BCUT2D eigenvalue weighted by atomic mass is 35.6. The van der Waals surface area contributed by atoms with Crippen LogP contribution in [0.25, 0.3) is 0 Å². The summed E-state index contributed by atoms with van der Waals surface area (Å²) in [6.45, 7) is 0. The van der Waals surface area contributed by atoms with Crippen LogP contribution in [0.4, 0.5) is 0 Å². The zero-order chi connectivity index (χ0) is 12.6. The van der Waals surface area contributed by atoms with Gasteiger partial charge < -0.3 is 0 Å². The number of carbonyl (C=O) groups excluding carboxylic acids is 2. The third-order valence-corrected chi connectivity index (χ3v) is 4.14. The molecule has 0 N–H and O–H groups in total. The molecule has 1 heterocycles. The molecule has 0 aromatic heterocycles.